The minimum atomic E-state index is -3.44. The lowest BCUT2D eigenvalue weighted by Crippen LogP contribution is -2.48. The summed E-state index contributed by atoms with van der Waals surface area (Å²) in [4.78, 5) is 15.2. The summed E-state index contributed by atoms with van der Waals surface area (Å²) in [5.74, 6) is 1.14. The average molecular weight is 408 g/mol. The number of likely N-dealkylation sites (tertiary alicyclic amines) is 1. The summed E-state index contributed by atoms with van der Waals surface area (Å²) < 4.78 is 27.0. The quantitative estimate of drug-likeness (QED) is 0.814. The molecule has 2 fully saturated rings. The van der Waals surface area contributed by atoms with Crippen LogP contribution in [0.25, 0.3) is 0 Å². The number of hydrogen-bond donors (Lipinski definition) is 1. The Morgan fingerprint density at radius 2 is 1.61 bits per heavy atom. The molecule has 1 N–H and O–H groups in total. The molecular formula is C21H33N3O3S. The van der Waals surface area contributed by atoms with Crippen molar-refractivity contribution >= 4 is 21.6 Å². The number of piperidine rings is 2. The molecule has 0 aromatic heterocycles. The third-order valence-corrected chi connectivity index (χ3v) is 7.81. The number of rotatable bonds is 5. The number of carbonyl (C=O) groups is 1. The van der Waals surface area contributed by atoms with Gasteiger partial charge in [-0.15, -0.1) is 0 Å². The van der Waals surface area contributed by atoms with Gasteiger partial charge in [-0.05, 0) is 62.3 Å². The first-order valence-electron chi connectivity index (χ1n) is 10.4. The van der Waals surface area contributed by atoms with E-state index >= 15 is 0 Å². The second-order valence-corrected chi connectivity index (χ2v) is 10.5. The number of carbonyl (C=O) groups excluding carboxylic acids is 1. The van der Waals surface area contributed by atoms with E-state index in [-0.39, 0.29) is 11.9 Å². The molecule has 0 bridgehead atoms. The standard InChI is InChI=1S/C21H33N3O3S/c1-16-13-17(2)15-23(14-16)18(3)21(25)22-19-7-9-20(10-8-19)28(26,27)24-11-5-4-6-12-24/h7-10,16-18H,4-6,11-15H2,1-3H3,(H,22,25). The fourth-order valence-corrected chi connectivity index (χ4v) is 5.92. The molecule has 0 aliphatic carbocycles. The van der Waals surface area contributed by atoms with E-state index in [0.717, 1.165) is 32.4 Å². The van der Waals surface area contributed by atoms with Crippen molar-refractivity contribution < 1.29 is 13.2 Å². The fraction of sp³-hybridized carbons (Fsp3) is 0.667. The van der Waals surface area contributed by atoms with Crippen LogP contribution in [0.2, 0.25) is 0 Å². The Bertz CT molecular complexity index is 763. The van der Waals surface area contributed by atoms with Gasteiger partial charge < -0.3 is 5.32 Å². The number of benzene rings is 1. The van der Waals surface area contributed by atoms with Crippen LogP contribution in [0.3, 0.4) is 0 Å². The lowest BCUT2D eigenvalue weighted by Gasteiger charge is -2.38. The van der Waals surface area contributed by atoms with E-state index in [9.17, 15) is 13.2 Å². The number of amides is 1. The van der Waals surface area contributed by atoms with Crippen molar-refractivity contribution in [3.05, 3.63) is 24.3 Å². The molecule has 0 radical (unpaired) electrons. The van der Waals surface area contributed by atoms with Crippen LogP contribution in [0.1, 0.15) is 46.5 Å². The van der Waals surface area contributed by atoms with Crippen molar-refractivity contribution in [2.24, 2.45) is 11.8 Å². The molecular weight excluding hydrogens is 374 g/mol. The van der Waals surface area contributed by atoms with E-state index in [1.54, 1.807) is 28.6 Å². The molecule has 2 heterocycles. The SMILES string of the molecule is CC1CC(C)CN(C(C)C(=O)Nc2ccc(S(=O)(=O)N3CCCCC3)cc2)C1. The molecule has 2 aliphatic rings. The normalized spacial score (nSPS) is 26.0. The molecule has 3 atom stereocenters. The first-order valence-corrected chi connectivity index (χ1v) is 11.9. The molecule has 3 rings (SSSR count). The molecule has 28 heavy (non-hydrogen) atoms. The Balaban J connectivity index is 1.62. The first kappa shape index (κ1) is 21.3. The van der Waals surface area contributed by atoms with Gasteiger partial charge in [-0.25, -0.2) is 8.42 Å². The average Bonchev–Trinajstić information content (AvgIpc) is 2.67. The topological polar surface area (TPSA) is 69.7 Å². The molecule has 7 heteroatoms. The van der Waals surface area contributed by atoms with Gasteiger partial charge in [0, 0.05) is 31.9 Å². The number of anilines is 1. The zero-order valence-corrected chi connectivity index (χ0v) is 18.0. The van der Waals surface area contributed by atoms with Gasteiger partial charge in [0.2, 0.25) is 15.9 Å². The van der Waals surface area contributed by atoms with Crippen LogP contribution in [-0.2, 0) is 14.8 Å². The van der Waals surface area contributed by atoms with Gasteiger partial charge >= 0.3 is 0 Å². The lowest BCUT2D eigenvalue weighted by atomic mass is 9.91. The number of hydrogen-bond acceptors (Lipinski definition) is 4. The second kappa shape index (κ2) is 8.93. The predicted octanol–water partition coefficient (Wildman–Crippen LogP) is 3.17. The van der Waals surface area contributed by atoms with Gasteiger partial charge in [-0.2, -0.15) is 4.31 Å². The van der Waals surface area contributed by atoms with Crippen molar-refractivity contribution in [2.45, 2.75) is 57.4 Å². The Hall–Kier alpha value is -1.44. The summed E-state index contributed by atoms with van der Waals surface area (Å²) in [5.41, 5.74) is 0.632. The summed E-state index contributed by atoms with van der Waals surface area (Å²) in [6.45, 7) is 9.45. The Morgan fingerprint density at radius 1 is 1.04 bits per heavy atom. The van der Waals surface area contributed by atoms with Gasteiger partial charge in [0.15, 0.2) is 0 Å². The van der Waals surface area contributed by atoms with Crippen LogP contribution in [0.5, 0.6) is 0 Å². The highest BCUT2D eigenvalue weighted by Gasteiger charge is 2.29. The van der Waals surface area contributed by atoms with E-state index in [4.69, 9.17) is 0 Å². The van der Waals surface area contributed by atoms with Gasteiger partial charge in [-0.3, -0.25) is 9.69 Å². The van der Waals surface area contributed by atoms with Crippen LogP contribution < -0.4 is 5.32 Å². The minimum absolute atomic E-state index is 0.0482. The van der Waals surface area contributed by atoms with Crippen molar-refractivity contribution in [1.29, 1.82) is 0 Å². The Labute approximate surface area is 169 Å². The van der Waals surface area contributed by atoms with Gasteiger partial charge in [0.25, 0.3) is 0 Å². The maximum absolute atomic E-state index is 12.7. The zero-order valence-electron chi connectivity index (χ0n) is 17.2. The predicted molar refractivity (Wildman–Crippen MR) is 112 cm³/mol. The van der Waals surface area contributed by atoms with Gasteiger partial charge in [0.1, 0.15) is 0 Å². The molecule has 1 amide bonds. The molecule has 0 saturated carbocycles. The molecule has 156 valence electrons. The number of nitrogens with zero attached hydrogens (tertiary/aromatic N) is 2. The Morgan fingerprint density at radius 3 is 2.18 bits per heavy atom. The zero-order chi connectivity index (χ0) is 20.3. The largest absolute Gasteiger partial charge is 0.325 e. The summed E-state index contributed by atoms with van der Waals surface area (Å²) >= 11 is 0. The van der Waals surface area contributed by atoms with Crippen LogP contribution in [0.15, 0.2) is 29.2 Å². The molecule has 2 saturated heterocycles. The third kappa shape index (κ3) is 4.93. The highest BCUT2D eigenvalue weighted by molar-refractivity contribution is 7.89. The van der Waals surface area contributed by atoms with Crippen LogP contribution >= 0.6 is 0 Å². The van der Waals surface area contributed by atoms with Crippen molar-refractivity contribution in [3.63, 3.8) is 0 Å². The van der Waals surface area contributed by atoms with E-state index in [0.29, 0.717) is 35.5 Å². The highest BCUT2D eigenvalue weighted by Crippen LogP contribution is 2.24. The maximum atomic E-state index is 12.7. The molecule has 2 aliphatic heterocycles. The molecule has 0 spiro atoms. The van der Waals surface area contributed by atoms with E-state index < -0.39 is 10.0 Å². The second-order valence-electron chi connectivity index (χ2n) is 8.55. The van der Waals surface area contributed by atoms with E-state index in [1.807, 2.05) is 6.92 Å². The van der Waals surface area contributed by atoms with Crippen molar-refractivity contribution in [2.75, 3.05) is 31.5 Å². The summed E-state index contributed by atoms with van der Waals surface area (Å²) in [5, 5.41) is 2.94. The van der Waals surface area contributed by atoms with E-state index in [2.05, 4.69) is 24.1 Å². The summed E-state index contributed by atoms with van der Waals surface area (Å²) in [6, 6.07) is 6.35. The van der Waals surface area contributed by atoms with Gasteiger partial charge in [-0.1, -0.05) is 20.3 Å². The number of nitrogens with one attached hydrogen (secondary N) is 1. The minimum Gasteiger partial charge on any atom is -0.325 e. The first-order chi connectivity index (χ1) is 13.3. The summed E-state index contributed by atoms with van der Waals surface area (Å²) in [7, 11) is -3.44. The molecule has 6 nitrogen and oxygen atoms in total. The van der Waals surface area contributed by atoms with Crippen molar-refractivity contribution in [1.82, 2.24) is 9.21 Å². The van der Waals surface area contributed by atoms with Crippen LogP contribution in [0.4, 0.5) is 5.69 Å². The molecule has 3 unspecified atom stereocenters. The van der Waals surface area contributed by atoms with Crippen LogP contribution in [0, 0.1) is 11.8 Å². The van der Waals surface area contributed by atoms with Crippen LogP contribution in [-0.4, -0.2) is 55.8 Å². The summed E-state index contributed by atoms with van der Waals surface area (Å²) in [6.07, 6.45) is 4.12. The molecule has 1 aromatic rings. The maximum Gasteiger partial charge on any atom is 0.243 e. The number of sulfonamides is 1. The fourth-order valence-electron chi connectivity index (χ4n) is 4.40. The van der Waals surface area contributed by atoms with Crippen molar-refractivity contribution in [3.8, 4) is 0 Å². The monoisotopic (exact) mass is 407 g/mol. The smallest absolute Gasteiger partial charge is 0.243 e. The van der Waals surface area contributed by atoms with Gasteiger partial charge in [0.05, 0.1) is 10.9 Å². The van der Waals surface area contributed by atoms with E-state index in [1.165, 1.54) is 6.42 Å². The lowest BCUT2D eigenvalue weighted by molar-refractivity contribution is -0.121. The highest BCUT2D eigenvalue weighted by atomic mass is 32.2. The molecule has 1 aromatic carbocycles. The Kier molecular flexibility index (Phi) is 6.78. The third-order valence-electron chi connectivity index (χ3n) is 5.90.